The number of benzene rings is 1. The predicted molar refractivity (Wildman–Crippen MR) is 76.9 cm³/mol. The number of halogens is 1. The maximum absolute atomic E-state index is 6.07. The van der Waals surface area contributed by atoms with E-state index in [-0.39, 0.29) is 11.5 Å². The number of thioether (sulfide) groups is 1. The fourth-order valence-electron chi connectivity index (χ4n) is 1.73. The summed E-state index contributed by atoms with van der Waals surface area (Å²) in [6, 6.07) is 8.60. The largest absolute Gasteiger partial charge is 0.327 e. The number of nitrogens with two attached hydrogens (primary N) is 1. The van der Waals surface area contributed by atoms with Gasteiger partial charge in [0.05, 0.1) is 0 Å². The summed E-state index contributed by atoms with van der Waals surface area (Å²) in [4.78, 5) is 1.28. The predicted octanol–water partition coefficient (Wildman–Crippen LogP) is 4.30. The molecule has 16 heavy (non-hydrogen) atoms. The van der Waals surface area contributed by atoms with Crippen molar-refractivity contribution in [1.29, 1.82) is 0 Å². The molecule has 2 atom stereocenters. The Morgan fingerprint density at radius 2 is 1.69 bits per heavy atom. The van der Waals surface area contributed by atoms with Crippen molar-refractivity contribution in [2.75, 3.05) is 0 Å². The van der Waals surface area contributed by atoms with Crippen LogP contribution in [0, 0.1) is 5.41 Å². The molecule has 0 spiro atoms. The van der Waals surface area contributed by atoms with Crippen molar-refractivity contribution in [2.45, 2.75) is 43.9 Å². The Balaban J connectivity index is 2.80. The van der Waals surface area contributed by atoms with E-state index < -0.39 is 0 Å². The van der Waals surface area contributed by atoms with Crippen molar-refractivity contribution < 1.29 is 0 Å². The molecule has 0 bridgehead atoms. The number of hydrogen-bond acceptors (Lipinski definition) is 2. The topological polar surface area (TPSA) is 26.0 Å². The maximum Gasteiger partial charge on any atom is 0.0291 e. The highest BCUT2D eigenvalue weighted by atomic mass is 79.9. The summed E-state index contributed by atoms with van der Waals surface area (Å²) < 4.78 is 1.12. The molecule has 0 aliphatic heterocycles. The van der Waals surface area contributed by atoms with Crippen LogP contribution in [0.2, 0.25) is 0 Å². The Hall–Kier alpha value is 0.01000. The van der Waals surface area contributed by atoms with Crippen LogP contribution in [0.3, 0.4) is 0 Å². The summed E-state index contributed by atoms with van der Waals surface area (Å²) in [5.41, 5.74) is 6.28. The van der Waals surface area contributed by atoms with Crippen molar-refractivity contribution in [2.24, 2.45) is 11.1 Å². The van der Waals surface area contributed by atoms with Gasteiger partial charge >= 0.3 is 0 Å². The normalized spacial score (nSPS) is 15.9. The van der Waals surface area contributed by atoms with Gasteiger partial charge in [-0.25, -0.2) is 0 Å². The van der Waals surface area contributed by atoms with Crippen LogP contribution in [-0.4, -0.2) is 11.3 Å². The van der Waals surface area contributed by atoms with Crippen LogP contribution in [0.5, 0.6) is 0 Å². The van der Waals surface area contributed by atoms with Crippen LogP contribution in [0.25, 0.3) is 0 Å². The molecule has 90 valence electrons. The van der Waals surface area contributed by atoms with Crippen LogP contribution < -0.4 is 5.73 Å². The van der Waals surface area contributed by atoms with E-state index in [9.17, 15) is 0 Å². The standard InChI is InChI=1S/C13H20BrNS/c1-9(15)12(13(2,3)4)16-11-7-5-10(14)6-8-11/h5-9,12H,15H2,1-4H3. The molecule has 0 radical (unpaired) electrons. The van der Waals surface area contributed by atoms with E-state index in [0.717, 1.165) is 4.47 Å². The third-order valence-corrected chi connectivity index (χ3v) is 4.87. The molecule has 2 N–H and O–H groups in total. The van der Waals surface area contributed by atoms with Crippen LogP contribution in [0.4, 0.5) is 0 Å². The first-order chi connectivity index (χ1) is 7.30. The summed E-state index contributed by atoms with van der Waals surface area (Å²) >= 11 is 5.31. The molecule has 0 aliphatic rings. The molecule has 2 unspecified atom stereocenters. The summed E-state index contributed by atoms with van der Waals surface area (Å²) in [7, 11) is 0. The molecule has 0 heterocycles. The molecule has 0 amide bonds. The highest BCUT2D eigenvalue weighted by molar-refractivity contribution is 9.10. The van der Waals surface area contributed by atoms with Crippen LogP contribution in [0.15, 0.2) is 33.6 Å². The molecule has 1 nitrogen and oxygen atoms in total. The zero-order valence-corrected chi connectivity index (χ0v) is 12.7. The molecule has 0 fully saturated rings. The van der Waals surface area contributed by atoms with E-state index in [1.807, 2.05) is 11.8 Å². The minimum Gasteiger partial charge on any atom is -0.327 e. The Kier molecular flexibility index (Phi) is 4.89. The van der Waals surface area contributed by atoms with E-state index in [1.54, 1.807) is 0 Å². The highest BCUT2D eigenvalue weighted by Crippen LogP contribution is 2.37. The van der Waals surface area contributed by atoms with Gasteiger partial charge in [0.2, 0.25) is 0 Å². The molecular weight excluding hydrogens is 282 g/mol. The van der Waals surface area contributed by atoms with Crippen LogP contribution in [0.1, 0.15) is 27.7 Å². The lowest BCUT2D eigenvalue weighted by molar-refractivity contribution is 0.363. The molecule has 1 aromatic carbocycles. The van der Waals surface area contributed by atoms with Crippen molar-refractivity contribution in [3.8, 4) is 0 Å². The zero-order valence-electron chi connectivity index (χ0n) is 10.3. The lowest BCUT2D eigenvalue weighted by atomic mass is 9.88. The first-order valence-electron chi connectivity index (χ1n) is 5.48. The summed E-state index contributed by atoms with van der Waals surface area (Å²) in [5, 5.41) is 0.425. The quantitative estimate of drug-likeness (QED) is 0.842. The average molecular weight is 302 g/mol. The Morgan fingerprint density at radius 1 is 1.19 bits per heavy atom. The lowest BCUT2D eigenvalue weighted by Gasteiger charge is -2.33. The zero-order chi connectivity index (χ0) is 12.3. The van der Waals surface area contributed by atoms with E-state index in [1.165, 1.54) is 4.90 Å². The minimum atomic E-state index is 0.189. The third-order valence-electron chi connectivity index (χ3n) is 2.41. The van der Waals surface area contributed by atoms with Crippen molar-refractivity contribution in [3.05, 3.63) is 28.7 Å². The van der Waals surface area contributed by atoms with Gasteiger partial charge in [-0.1, -0.05) is 36.7 Å². The SMILES string of the molecule is CC(N)C(Sc1ccc(Br)cc1)C(C)(C)C. The molecule has 0 saturated carbocycles. The van der Waals surface area contributed by atoms with Gasteiger partial charge in [0.15, 0.2) is 0 Å². The van der Waals surface area contributed by atoms with Gasteiger partial charge in [-0.15, -0.1) is 11.8 Å². The summed E-state index contributed by atoms with van der Waals surface area (Å²) in [6.45, 7) is 8.81. The van der Waals surface area contributed by atoms with Gasteiger partial charge in [0, 0.05) is 20.7 Å². The molecule has 1 rings (SSSR count). The van der Waals surface area contributed by atoms with Gasteiger partial charge in [-0.2, -0.15) is 0 Å². The Morgan fingerprint density at radius 3 is 2.06 bits per heavy atom. The molecule has 0 saturated heterocycles. The summed E-state index contributed by atoms with van der Waals surface area (Å²) in [6.07, 6.45) is 0. The number of rotatable bonds is 3. The van der Waals surface area contributed by atoms with Crippen LogP contribution in [-0.2, 0) is 0 Å². The monoisotopic (exact) mass is 301 g/mol. The lowest BCUT2D eigenvalue weighted by Crippen LogP contribution is -2.38. The van der Waals surface area contributed by atoms with Crippen molar-refractivity contribution in [1.82, 2.24) is 0 Å². The van der Waals surface area contributed by atoms with Crippen molar-refractivity contribution >= 4 is 27.7 Å². The first kappa shape index (κ1) is 14.1. The maximum atomic E-state index is 6.07. The Labute approximate surface area is 111 Å². The van der Waals surface area contributed by atoms with Crippen LogP contribution >= 0.6 is 27.7 Å². The fourth-order valence-corrected chi connectivity index (χ4v) is 3.15. The van der Waals surface area contributed by atoms with Gasteiger partial charge in [0.1, 0.15) is 0 Å². The second-order valence-corrected chi connectivity index (χ2v) is 7.35. The van der Waals surface area contributed by atoms with Gasteiger partial charge in [0.25, 0.3) is 0 Å². The van der Waals surface area contributed by atoms with Gasteiger partial charge < -0.3 is 5.73 Å². The second kappa shape index (κ2) is 5.56. The highest BCUT2D eigenvalue weighted by Gasteiger charge is 2.28. The molecular formula is C13H20BrNS. The Bertz CT molecular complexity index is 327. The molecule has 0 aliphatic carbocycles. The molecule has 1 aromatic rings. The molecule has 3 heteroatoms. The van der Waals surface area contributed by atoms with Crippen molar-refractivity contribution in [3.63, 3.8) is 0 Å². The minimum absolute atomic E-state index is 0.189. The second-order valence-electron chi connectivity index (χ2n) is 5.22. The van der Waals surface area contributed by atoms with E-state index in [4.69, 9.17) is 5.73 Å². The van der Waals surface area contributed by atoms with Gasteiger partial charge in [-0.05, 0) is 36.6 Å². The third kappa shape index (κ3) is 4.11. The van der Waals surface area contributed by atoms with E-state index in [0.29, 0.717) is 5.25 Å². The average Bonchev–Trinajstić information content (AvgIpc) is 2.14. The number of hydrogen-bond donors (Lipinski definition) is 1. The fraction of sp³-hybridized carbons (Fsp3) is 0.538. The smallest absolute Gasteiger partial charge is 0.0291 e. The summed E-state index contributed by atoms with van der Waals surface area (Å²) in [5.74, 6) is 0. The first-order valence-corrected chi connectivity index (χ1v) is 7.16. The van der Waals surface area contributed by atoms with Gasteiger partial charge in [-0.3, -0.25) is 0 Å². The van der Waals surface area contributed by atoms with E-state index in [2.05, 4.69) is 67.9 Å². The molecule has 0 aromatic heterocycles. The van der Waals surface area contributed by atoms with E-state index >= 15 is 0 Å².